The Kier molecular flexibility index (Phi) is 3.14. The molecule has 0 amide bonds. The van der Waals surface area contributed by atoms with E-state index in [1.807, 2.05) is 12.1 Å². The molecule has 98 valence electrons. The molecule has 2 N–H and O–H groups in total. The van der Waals surface area contributed by atoms with Crippen LogP contribution in [0.25, 0.3) is 0 Å². The Morgan fingerprint density at radius 2 is 2.33 bits per heavy atom. The van der Waals surface area contributed by atoms with Crippen LogP contribution in [0.5, 0.6) is 5.75 Å². The van der Waals surface area contributed by atoms with E-state index < -0.39 is 0 Å². The maximum absolute atomic E-state index is 5.95. The Hall–Kier alpha value is -1.26. The number of ether oxygens (including phenoxy) is 2. The van der Waals surface area contributed by atoms with Gasteiger partial charge in [-0.2, -0.15) is 0 Å². The van der Waals surface area contributed by atoms with E-state index in [4.69, 9.17) is 15.2 Å². The maximum Gasteiger partial charge on any atom is 0.189 e. The summed E-state index contributed by atoms with van der Waals surface area (Å²) in [5.74, 6) is 1.78. The molecule has 1 aromatic rings. The summed E-state index contributed by atoms with van der Waals surface area (Å²) in [7, 11) is 0. The van der Waals surface area contributed by atoms with Crippen molar-refractivity contribution in [3.63, 3.8) is 0 Å². The molecule has 3 rings (SSSR count). The van der Waals surface area contributed by atoms with Crippen LogP contribution < -0.4 is 10.5 Å². The molecule has 0 saturated carbocycles. The van der Waals surface area contributed by atoms with Crippen molar-refractivity contribution in [3.8, 4) is 5.75 Å². The van der Waals surface area contributed by atoms with Crippen LogP contribution in [0.4, 0.5) is 5.69 Å². The normalized spacial score (nSPS) is 23.7. The summed E-state index contributed by atoms with van der Waals surface area (Å²) in [4.78, 5) is 2.47. The number of likely N-dealkylation sites (tertiary alicyclic amines) is 1. The van der Waals surface area contributed by atoms with Crippen molar-refractivity contribution in [2.75, 3.05) is 25.6 Å². The van der Waals surface area contributed by atoms with Gasteiger partial charge < -0.3 is 15.2 Å². The highest BCUT2D eigenvalue weighted by molar-refractivity contribution is 5.53. The lowest BCUT2D eigenvalue weighted by molar-refractivity contribution is -0.0173. The van der Waals surface area contributed by atoms with E-state index in [0.29, 0.717) is 13.4 Å². The summed E-state index contributed by atoms with van der Waals surface area (Å²) in [6, 6.07) is 3.98. The first-order chi connectivity index (χ1) is 8.72. The first kappa shape index (κ1) is 11.8. The van der Waals surface area contributed by atoms with E-state index in [-0.39, 0.29) is 0 Å². The monoisotopic (exact) mass is 248 g/mol. The van der Waals surface area contributed by atoms with Crippen molar-refractivity contribution >= 4 is 5.69 Å². The first-order valence-corrected chi connectivity index (χ1v) is 6.56. The Labute approximate surface area is 108 Å². The van der Waals surface area contributed by atoms with E-state index in [9.17, 15) is 0 Å². The Morgan fingerprint density at radius 1 is 1.44 bits per heavy atom. The molecular weight excluding hydrogens is 228 g/mol. The van der Waals surface area contributed by atoms with Crippen molar-refractivity contribution in [1.29, 1.82) is 0 Å². The quantitative estimate of drug-likeness (QED) is 0.813. The molecule has 2 heterocycles. The molecule has 1 atom stereocenters. The van der Waals surface area contributed by atoms with Crippen molar-refractivity contribution in [2.45, 2.75) is 26.5 Å². The summed E-state index contributed by atoms with van der Waals surface area (Å²) >= 11 is 0. The lowest BCUT2D eigenvalue weighted by Crippen LogP contribution is -2.22. The second kappa shape index (κ2) is 4.78. The number of benzene rings is 1. The number of nitrogens with two attached hydrogens (primary N) is 1. The van der Waals surface area contributed by atoms with Crippen LogP contribution in [-0.2, 0) is 17.9 Å². The predicted molar refractivity (Wildman–Crippen MR) is 70.2 cm³/mol. The van der Waals surface area contributed by atoms with Gasteiger partial charge in [0.1, 0.15) is 5.75 Å². The first-order valence-electron chi connectivity index (χ1n) is 6.56. The Balaban J connectivity index is 1.84. The fourth-order valence-corrected chi connectivity index (χ4v) is 2.85. The Morgan fingerprint density at radius 3 is 3.11 bits per heavy atom. The lowest BCUT2D eigenvalue weighted by atomic mass is 10.1. The zero-order valence-corrected chi connectivity index (χ0v) is 10.8. The molecule has 0 spiro atoms. The van der Waals surface area contributed by atoms with Gasteiger partial charge in [-0.05, 0) is 31.0 Å². The summed E-state index contributed by atoms with van der Waals surface area (Å²) in [6.45, 7) is 6.52. The second-order valence-corrected chi connectivity index (χ2v) is 5.41. The van der Waals surface area contributed by atoms with Crippen LogP contribution in [-0.4, -0.2) is 24.8 Å². The van der Waals surface area contributed by atoms with E-state index >= 15 is 0 Å². The fraction of sp³-hybridized carbons (Fsp3) is 0.571. The van der Waals surface area contributed by atoms with E-state index in [1.165, 1.54) is 25.1 Å². The summed E-state index contributed by atoms with van der Waals surface area (Å²) in [5, 5.41) is 0. The van der Waals surface area contributed by atoms with Gasteiger partial charge in [-0.15, -0.1) is 0 Å². The molecule has 2 aliphatic rings. The molecule has 2 aliphatic heterocycles. The smallest absolute Gasteiger partial charge is 0.189 e. The minimum absolute atomic E-state index is 0.348. The standard InChI is InChI=1S/C14H20N2O2/c1-10-2-3-16(6-10)7-11-4-13(15)5-12-8-17-9-18-14(11)12/h4-5,10H,2-3,6-9,15H2,1H3. The largest absolute Gasteiger partial charge is 0.467 e. The van der Waals surface area contributed by atoms with Crippen molar-refractivity contribution < 1.29 is 9.47 Å². The maximum atomic E-state index is 5.95. The number of hydrogen-bond acceptors (Lipinski definition) is 4. The topological polar surface area (TPSA) is 47.7 Å². The number of nitrogen functional groups attached to an aromatic ring is 1. The van der Waals surface area contributed by atoms with Crippen LogP contribution in [0.3, 0.4) is 0 Å². The molecule has 0 aliphatic carbocycles. The highest BCUT2D eigenvalue weighted by Gasteiger charge is 2.22. The van der Waals surface area contributed by atoms with Crippen molar-refractivity contribution in [2.24, 2.45) is 5.92 Å². The van der Waals surface area contributed by atoms with Crippen molar-refractivity contribution in [3.05, 3.63) is 23.3 Å². The van der Waals surface area contributed by atoms with Gasteiger partial charge in [-0.1, -0.05) is 6.92 Å². The third-order valence-corrected chi connectivity index (χ3v) is 3.71. The SMILES string of the molecule is CC1CCN(Cc2cc(N)cc3c2OCOC3)C1. The molecule has 1 unspecified atom stereocenters. The van der Waals surface area contributed by atoms with Gasteiger partial charge in [0.15, 0.2) is 6.79 Å². The highest BCUT2D eigenvalue weighted by atomic mass is 16.7. The minimum atomic E-state index is 0.348. The number of rotatable bonds is 2. The molecular formula is C14H20N2O2. The van der Waals surface area contributed by atoms with Gasteiger partial charge in [0.2, 0.25) is 0 Å². The van der Waals surface area contributed by atoms with E-state index in [0.717, 1.165) is 29.5 Å². The molecule has 18 heavy (non-hydrogen) atoms. The van der Waals surface area contributed by atoms with Gasteiger partial charge in [-0.3, -0.25) is 4.90 Å². The molecule has 1 aromatic carbocycles. The highest BCUT2D eigenvalue weighted by Crippen LogP contribution is 2.32. The molecule has 4 nitrogen and oxygen atoms in total. The lowest BCUT2D eigenvalue weighted by Gasteiger charge is -2.24. The molecule has 1 saturated heterocycles. The average Bonchev–Trinajstić information content (AvgIpc) is 2.74. The average molecular weight is 248 g/mol. The van der Waals surface area contributed by atoms with Crippen LogP contribution in [0.1, 0.15) is 24.5 Å². The number of anilines is 1. The van der Waals surface area contributed by atoms with Crippen LogP contribution >= 0.6 is 0 Å². The summed E-state index contributed by atoms with van der Waals surface area (Å²) in [6.07, 6.45) is 1.29. The predicted octanol–water partition coefficient (Wildman–Crippen LogP) is 1.98. The van der Waals surface area contributed by atoms with Gasteiger partial charge >= 0.3 is 0 Å². The zero-order valence-electron chi connectivity index (χ0n) is 10.8. The molecule has 0 radical (unpaired) electrons. The molecule has 1 fully saturated rings. The zero-order chi connectivity index (χ0) is 12.5. The van der Waals surface area contributed by atoms with E-state index in [2.05, 4.69) is 11.8 Å². The van der Waals surface area contributed by atoms with Gasteiger partial charge in [0.05, 0.1) is 6.61 Å². The van der Waals surface area contributed by atoms with Gasteiger partial charge in [-0.25, -0.2) is 0 Å². The van der Waals surface area contributed by atoms with Crippen LogP contribution in [0, 0.1) is 5.92 Å². The summed E-state index contributed by atoms with van der Waals surface area (Å²) in [5.41, 5.74) is 9.02. The third kappa shape index (κ3) is 2.31. The van der Waals surface area contributed by atoms with Crippen LogP contribution in [0.15, 0.2) is 12.1 Å². The number of fused-ring (bicyclic) bond motifs is 1. The molecule has 4 heteroatoms. The summed E-state index contributed by atoms with van der Waals surface area (Å²) < 4.78 is 10.9. The fourth-order valence-electron chi connectivity index (χ4n) is 2.85. The second-order valence-electron chi connectivity index (χ2n) is 5.41. The van der Waals surface area contributed by atoms with Crippen molar-refractivity contribution in [1.82, 2.24) is 4.90 Å². The van der Waals surface area contributed by atoms with Crippen LogP contribution in [0.2, 0.25) is 0 Å². The number of hydrogen-bond donors (Lipinski definition) is 1. The third-order valence-electron chi connectivity index (χ3n) is 3.71. The van der Waals surface area contributed by atoms with E-state index in [1.54, 1.807) is 0 Å². The molecule has 0 aromatic heterocycles. The minimum Gasteiger partial charge on any atom is -0.467 e. The van der Waals surface area contributed by atoms with Gasteiger partial charge in [0.25, 0.3) is 0 Å². The Bertz CT molecular complexity index is 448. The van der Waals surface area contributed by atoms with Gasteiger partial charge in [0, 0.05) is 29.9 Å². The number of nitrogens with zero attached hydrogens (tertiary/aromatic N) is 1. The molecule has 0 bridgehead atoms.